The molecule has 0 amide bonds. The van der Waals surface area contributed by atoms with Crippen molar-refractivity contribution in [2.24, 2.45) is 0 Å². The average Bonchev–Trinajstić information content (AvgIpc) is 2.35. The maximum Gasteiger partial charge on any atom is 0.0704 e. The van der Waals surface area contributed by atoms with Gasteiger partial charge in [-0.2, -0.15) is 0 Å². The fraction of sp³-hybridized carbons (Fsp3) is 0.188. The average molecular weight is 223 g/mol. The number of aromatic nitrogens is 1. The molecule has 0 aliphatic carbocycles. The lowest BCUT2D eigenvalue weighted by molar-refractivity contribution is 1.29. The lowest BCUT2D eigenvalue weighted by Gasteiger charge is -2.09. The van der Waals surface area contributed by atoms with Crippen molar-refractivity contribution in [1.82, 2.24) is 4.98 Å². The molecule has 0 bridgehead atoms. The lowest BCUT2D eigenvalue weighted by atomic mass is 9.97. The fourth-order valence-corrected chi connectivity index (χ4v) is 2.00. The first-order chi connectivity index (χ1) is 8.22. The zero-order valence-electron chi connectivity index (χ0n) is 10.6. The molecular weight excluding hydrogens is 206 g/mol. The molecule has 0 fully saturated rings. The molecule has 86 valence electrons. The Kier molecular flexibility index (Phi) is 3.38. The molecule has 2 aromatic rings. The lowest BCUT2D eigenvalue weighted by Crippen LogP contribution is -1.90. The summed E-state index contributed by atoms with van der Waals surface area (Å²) in [6.45, 7) is 6.32. The van der Waals surface area contributed by atoms with Crippen molar-refractivity contribution >= 4 is 6.08 Å². The van der Waals surface area contributed by atoms with Gasteiger partial charge in [0.05, 0.1) is 5.69 Å². The second-order valence-electron chi connectivity index (χ2n) is 4.24. The van der Waals surface area contributed by atoms with E-state index >= 15 is 0 Å². The topological polar surface area (TPSA) is 12.9 Å². The maximum atomic E-state index is 4.41. The van der Waals surface area contributed by atoms with E-state index in [9.17, 15) is 0 Å². The molecular formula is C16H17N. The molecule has 1 nitrogen and oxygen atoms in total. The third kappa shape index (κ3) is 2.44. The molecule has 0 radical (unpaired) electrons. The highest BCUT2D eigenvalue weighted by atomic mass is 14.7. The fourth-order valence-electron chi connectivity index (χ4n) is 2.00. The van der Waals surface area contributed by atoms with E-state index in [0.29, 0.717) is 0 Å². The van der Waals surface area contributed by atoms with Crippen LogP contribution in [0.1, 0.15) is 23.6 Å². The van der Waals surface area contributed by atoms with Crippen LogP contribution in [0.3, 0.4) is 0 Å². The van der Waals surface area contributed by atoms with Crippen LogP contribution in [0.15, 0.2) is 42.6 Å². The van der Waals surface area contributed by atoms with Crippen LogP contribution in [-0.4, -0.2) is 4.98 Å². The van der Waals surface area contributed by atoms with Crippen molar-refractivity contribution < 1.29 is 0 Å². The van der Waals surface area contributed by atoms with Gasteiger partial charge in [-0.3, -0.25) is 4.98 Å². The zero-order chi connectivity index (χ0) is 12.3. The van der Waals surface area contributed by atoms with Gasteiger partial charge in [0.2, 0.25) is 0 Å². The van der Waals surface area contributed by atoms with Gasteiger partial charge >= 0.3 is 0 Å². The highest BCUT2D eigenvalue weighted by Gasteiger charge is 2.05. The van der Waals surface area contributed by atoms with Crippen molar-refractivity contribution in [1.29, 1.82) is 0 Å². The number of allylic oxidation sites excluding steroid dienone is 1. The Bertz CT molecular complexity index is 539. The van der Waals surface area contributed by atoms with Crippen molar-refractivity contribution in [3.63, 3.8) is 0 Å². The molecule has 1 aromatic carbocycles. The minimum Gasteiger partial charge on any atom is -0.256 e. The van der Waals surface area contributed by atoms with Crippen LogP contribution < -0.4 is 0 Å². The Morgan fingerprint density at radius 2 is 1.88 bits per heavy atom. The molecule has 17 heavy (non-hydrogen) atoms. The Morgan fingerprint density at radius 3 is 2.53 bits per heavy atom. The monoisotopic (exact) mass is 223 g/mol. The van der Waals surface area contributed by atoms with Crippen LogP contribution in [0.4, 0.5) is 0 Å². The van der Waals surface area contributed by atoms with Gasteiger partial charge in [0, 0.05) is 11.8 Å². The molecule has 0 N–H and O–H groups in total. The van der Waals surface area contributed by atoms with Gasteiger partial charge in [-0.25, -0.2) is 0 Å². The third-order valence-corrected chi connectivity index (χ3v) is 2.90. The van der Waals surface area contributed by atoms with Crippen LogP contribution in [0.25, 0.3) is 17.3 Å². The minimum atomic E-state index is 1.04. The summed E-state index contributed by atoms with van der Waals surface area (Å²) in [5.74, 6) is 0. The Balaban J connectivity index is 2.54. The molecule has 0 aliphatic rings. The van der Waals surface area contributed by atoms with Crippen molar-refractivity contribution in [2.45, 2.75) is 20.8 Å². The molecule has 2 rings (SSSR count). The molecule has 1 heteroatoms. The van der Waals surface area contributed by atoms with E-state index in [1.807, 2.05) is 25.3 Å². The minimum absolute atomic E-state index is 1.04. The molecule has 0 saturated heterocycles. The van der Waals surface area contributed by atoms with Crippen molar-refractivity contribution in [3.05, 3.63) is 59.3 Å². The van der Waals surface area contributed by atoms with E-state index in [1.54, 1.807) is 0 Å². The summed E-state index contributed by atoms with van der Waals surface area (Å²) in [7, 11) is 0. The van der Waals surface area contributed by atoms with E-state index in [2.05, 4.69) is 49.2 Å². The van der Waals surface area contributed by atoms with Gasteiger partial charge in [0.25, 0.3) is 0 Å². The molecule has 0 spiro atoms. The molecule has 0 aliphatic heterocycles. The van der Waals surface area contributed by atoms with Crippen LogP contribution >= 0.6 is 0 Å². The summed E-state index contributed by atoms with van der Waals surface area (Å²) in [6, 6.07) is 10.5. The van der Waals surface area contributed by atoms with E-state index in [0.717, 1.165) is 5.69 Å². The van der Waals surface area contributed by atoms with Gasteiger partial charge in [-0.1, -0.05) is 24.3 Å². The number of hydrogen-bond acceptors (Lipinski definition) is 1. The van der Waals surface area contributed by atoms with Gasteiger partial charge in [-0.05, 0) is 55.7 Å². The SMILES string of the molecule is C/C=C\c1cc(C)c(-c2ccccn2)cc1C. The number of rotatable bonds is 2. The van der Waals surface area contributed by atoms with E-state index < -0.39 is 0 Å². The Morgan fingerprint density at radius 1 is 1.06 bits per heavy atom. The second kappa shape index (κ2) is 4.96. The standard InChI is InChI=1S/C16H17N/c1-4-7-14-10-13(3)15(11-12(14)2)16-8-5-6-9-17-16/h4-11H,1-3H3/b7-4-. The van der Waals surface area contributed by atoms with Gasteiger partial charge in [-0.15, -0.1) is 0 Å². The molecule has 0 unspecified atom stereocenters. The van der Waals surface area contributed by atoms with Crippen LogP contribution in [-0.2, 0) is 0 Å². The number of nitrogens with zero attached hydrogens (tertiary/aromatic N) is 1. The van der Waals surface area contributed by atoms with E-state index in [4.69, 9.17) is 0 Å². The number of aryl methyl sites for hydroxylation is 2. The Hall–Kier alpha value is -1.89. The van der Waals surface area contributed by atoms with Crippen LogP contribution in [0, 0.1) is 13.8 Å². The number of hydrogen-bond donors (Lipinski definition) is 0. The first-order valence-corrected chi connectivity index (χ1v) is 5.87. The maximum absolute atomic E-state index is 4.41. The highest BCUT2D eigenvalue weighted by Crippen LogP contribution is 2.25. The smallest absolute Gasteiger partial charge is 0.0704 e. The van der Waals surface area contributed by atoms with Gasteiger partial charge in [0.1, 0.15) is 0 Å². The first-order valence-electron chi connectivity index (χ1n) is 5.87. The Labute approximate surface area is 103 Å². The number of benzene rings is 1. The third-order valence-electron chi connectivity index (χ3n) is 2.90. The van der Waals surface area contributed by atoms with Gasteiger partial charge in [0.15, 0.2) is 0 Å². The molecule has 0 atom stereocenters. The molecule has 1 aromatic heterocycles. The normalized spacial score (nSPS) is 11.0. The van der Waals surface area contributed by atoms with E-state index in [1.165, 1.54) is 22.3 Å². The van der Waals surface area contributed by atoms with E-state index in [-0.39, 0.29) is 0 Å². The van der Waals surface area contributed by atoms with Gasteiger partial charge < -0.3 is 0 Å². The number of pyridine rings is 1. The summed E-state index contributed by atoms with van der Waals surface area (Å²) in [5.41, 5.74) is 6.10. The summed E-state index contributed by atoms with van der Waals surface area (Å²) in [4.78, 5) is 4.41. The second-order valence-corrected chi connectivity index (χ2v) is 4.24. The first kappa shape index (κ1) is 11.6. The summed E-state index contributed by atoms with van der Waals surface area (Å²) in [5, 5.41) is 0. The van der Waals surface area contributed by atoms with Crippen LogP contribution in [0.2, 0.25) is 0 Å². The van der Waals surface area contributed by atoms with Crippen molar-refractivity contribution in [2.75, 3.05) is 0 Å². The quantitative estimate of drug-likeness (QED) is 0.735. The molecule has 1 heterocycles. The predicted octanol–water partition coefficient (Wildman–Crippen LogP) is 4.40. The highest BCUT2D eigenvalue weighted by molar-refractivity contribution is 5.68. The largest absolute Gasteiger partial charge is 0.256 e. The zero-order valence-corrected chi connectivity index (χ0v) is 10.6. The van der Waals surface area contributed by atoms with Crippen molar-refractivity contribution in [3.8, 4) is 11.3 Å². The summed E-state index contributed by atoms with van der Waals surface area (Å²) < 4.78 is 0. The summed E-state index contributed by atoms with van der Waals surface area (Å²) >= 11 is 0. The predicted molar refractivity (Wildman–Crippen MR) is 73.9 cm³/mol. The summed E-state index contributed by atoms with van der Waals surface area (Å²) in [6.07, 6.45) is 6.05. The van der Waals surface area contributed by atoms with Crippen LogP contribution in [0.5, 0.6) is 0 Å². The molecule has 0 saturated carbocycles.